The summed E-state index contributed by atoms with van der Waals surface area (Å²) in [6, 6.07) is 8.26. The molecule has 1 aliphatic rings. The molecular weight excluding hydrogens is 381 g/mol. The Kier molecular flexibility index (Phi) is 5.62. The zero-order valence-corrected chi connectivity index (χ0v) is 14.7. The fraction of sp³-hybridized carbons (Fsp3) is 0.421. The van der Waals surface area contributed by atoms with E-state index in [0.717, 1.165) is 12.4 Å². The molecule has 1 amide bonds. The second-order valence-corrected chi connectivity index (χ2v) is 6.93. The lowest BCUT2D eigenvalue weighted by Gasteiger charge is -2.25. The molecule has 1 N–H and O–H groups in total. The van der Waals surface area contributed by atoms with Gasteiger partial charge in [-0.1, -0.05) is 18.2 Å². The van der Waals surface area contributed by atoms with E-state index in [9.17, 15) is 26.7 Å². The van der Waals surface area contributed by atoms with Crippen molar-refractivity contribution < 1.29 is 26.7 Å². The van der Waals surface area contributed by atoms with Crippen molar-refractivity contribution in [1.82, 2.24) is 15.3 Å². The molecule has 0 saturated heterocycles. The third-order valence-electron chi connectivity index (χ3n) is 5.00. The molecular formula is C19H18F5N3O. The number of rotatable bonds is 7. The number of aromatic nitrogens is 2. The Morgan fingerprint density at radius 1 is 1.11 bits per heavy atom. The lowest BCUT2D eigenvalue weighted by atomic mass is 9.87. The standard InChI is InChI=1S/C19H18F5N3O/c20-15(21)16-25-10-14(11-26-16)13(8-18(6-7-18)19(22,23)24)9-27-17(28)12-4-2-1-3-5-12/h1-5,10-11,13,15H,6-9H2,(H,27,28). The third-order valence-corrected chi connectivity index (χ3v) is 5.00. The molecule has 3 rings (SSSR count). The molecule has 0 spiro atoms. The maximum Gasteiger partial charge on any atom is 0.394 e. The maximum absolute atomic E-state index is 13.4. The molecule has 1 unspecified atom stereocenters. The largest absolute Gasteiger partial charge is 0.394 e. The van der Waals surface area contributed by atoms with Gasteiger partial charge < -0.3 is 5.32 Å². The molecule has 0 bridgehead atoms. The molecule has 1 heterocycles. The fourth-order valence-corrected chi connectivity index (χ4v) is 3.11. The first-order valence-electron chi connectivity index (χ1n) is 8.72. The van der Waals surface area contributed by atoms with Crippen molar-refractivity contribution in [3.05, 3.63) is 59.7 Å². The van der Waals surface area contributed by atoms with Gasteiger partial charge in [0.15, 0.2) is 5.82 Å². The number of hydrogen-bond acceptors (Lipinski definition) is 3. The summed E-state index contributed by atoms with van der Waals surface area (Å²) in [5, 5.41) is 2.63. The van der Waals surface area contributed by atoms with E-state index in [-0.39, 0.29) is 31.4 Å². The predicted octanol–water partition coefficient (Wildman–Crippen LogP) is 4.66. The zero-order chi connectivity index (χ0) is 20.4. The summed E-state index contributed by atoms with van der Waals surface area (Å²) in [7, 11) is 0. The lowest BCUT2D eigenvalue weighted by molar-refractivity contribution is -0.190. The number of carbonyl (C=O) groups is 1. The summed E-state index contributed by atoms with van der Waals surface area (Å²) in [4.78, 5) is 19.3. The summed E-state index contributed by atoms with van der Waals surface area (Å²) in [5.74, 6) is -1.86. The highest BCUT2D eigenvalue weighted by atomic mass is 19.4. The third kappa shape index (κ3) is 4.45. The molecule has 28 heavy (non-hydrogen) atoms. The summed E-state index contributed by atoms with van der Waals surface area (Å²) < 4.78 is 65.5. The molecule has 1 aliphatic carbocycles. The minimum atomic E-state index is -4.36. The van der Waals surface area contributed by atoms with Gasteiger partial charge in [0.2, 0.25) is 0 Å². The molecule has 4 nitrogen and oxygen atoms in total. The molecule has 1 fully saturated rings. The lowest BCUT2D eigenvalue weighted by Crippen LogP contribution is -2.33. The molecule has 1 atom stereocenters. The van der Waals surface area contributed by atoms with Crippen LogP contribution in [0.5, 0.6) is 0 Å². The van der Waals surface area contributed by atoms with Gasteiger partial charge in [0.05, 0.1) is 5.41 Å². The fourth-order valence-electron chi connectivity index (χ4n) is 3.11. The van der Waals surface area contributed by atoms with E-state index in [0.29, 0.717) is 5.56 Å². The van der Waals surface area contributed by atoms with Gasteiger partial charge in [-0.05, 0) is 37.0 Å². The number of hydrogen-bond donors (Lipinski definition) is 1. The van der Waals surface area contributed by atoms with E-state index in [1.54, 1.807) is 30.3 Å². The van der Waals surface area contributed by atoms with E-state index in [1.165, 1.54) is 0 Å². The SMILES string of the molecule is O=C(NCC(CC1(C(F)(F)F)CC1)c1cnc(C(F)F)nc1)c1ccccc1. The van der Waals surface area contributed by atoms with Gasteiger partial charge in [-0.3, -0.25) is 4.79 Å². The highest BCUT2D eigenvalue weighted by Crippen LogP contribution is 2.62. The zero-order valence-electron chi connectivity index (χ0n) is 14.7. The van der Waals surface area contributed by atoms with Crippen LogP contribution in [0.3, 0.4) is 0 Å². The van der Waals surface area contributed by atoms with Gasteiger partial charge in [0, 0.05) is 30.4 Å². The van der Waals surface area contributed by atoms with Crippen molar-refractivity contribution in [2.75, 3.05) is 6.54 Å². The number of alkyl halides is 5. The molecule has 1 aromatic heterocycles. The van der Waals surface area contributed by atoms with Crippen molar-refractivity contribution in [2.24, 2.45) is 5.41 Å². The van der Waals surface area contributed by atoms with Crippen LogP contribution >= 0.6 is 0 Å². The normalized spacial score (nSPS) is 16.6. The van der Waals surface area contributed by atoms with E-state index >= 15 is 0 Å². The van der Waals surface area contributed by atoms with Crippen LogP contribution in [-0.4, -0.2) is 28.6 Å². The smallest absolute Gasteiger partial charge is 0.351 e. The topological polar surface area (TPSA) is 54.9 Å². The quantitative estimate of drug-likeness (QED) is 0.689. The second-order valence-electron chi connectivity index (χ2n) is 6.93. The van der Waals surface area contributed by atoms with E-state index in [4.69, 9.17) is 0 Å². The Morgan fingerprint density at radius 3 is 2.21 bits per heavy atom. The number of halogens is 5. The Bertz CT molecular complexity index is 805. The highest BCUT2D eigenvalue weighted by Gasteiger charge is 2.63. The number of carbonyl (C=O) groups excluding carboxylic acids is 1. The first-order chi connectivity index (χ1) is 13.2. The van der Waals surface area contributed by atoms with Crippen LogP contribution in [0.2, 0.25) is 0 Å². The molecule has 150 valence electrons. The second kappa shape index (κ2) is 7.81. The number of amides is 1. The van der Waals surface area contributed by atoms with Gasteiger partial charge >= 0.3 is 6.18 Å². The van der Waals surface area contributed by atoms with Crippen LogP contribution in [0.4, 0.5) is 22.0 Å². The minimum Gasteiger partial charge on any atom is -0.351 e. The van der Waals surface area contributed by atoms with E-state index in [1.807, 2.05) is 0 Å². The van der Waals surface area contributed by atoms with Crippen LogP contribution in [0.1, 0.15) is 53.4 Å². The maximum atomic E-state index is 13.4. The molecule has 2 aromatic rings. The number of benzene rings is 1. The number of nitrogens with zero attached hydrogens (tertiary/aromatic N) is 2. The van der Waals surface area contributed by atoms with Crippen molar-refractivity contribution in [3.8, 4) is 0 Å². The Morgan fingerprint density at radius 2 is 1.71 bits per heavy atom. The summed E-state index contributed by atoms with van der Waals surface area (Å²) in [6.45, 7) is -0.0804. The average molecular weight is 399 g/mol. The molecule has 0 aliphatic heterocycles. The van der Waals surface area contributed by atoms with E-state index in [2.05, 4.69) is 15.3 Å². The monoisotopic (exact) mass is 399 g/mol. The van der Waals surface area contributed by atoms with Crippen LogP contribution < -0.4 is 5.32 Å². The van der Waals surface area contributed by atoms with Gasteiger partial charge in [0.1, 0.15) is 0 Å². The van der Waals surface area contributed by atoms with E-state index < -0.39 is 35.7 Å². The van der Waals surface area contributed by atoms with Gasteiger partial charge in [0.25, 0.3) is 12.3 Å². The van der Waals surface area contributed by atoms with Crippen LogP contribution in [-0.2, 0) is 0 Å². The van der Waals surface area contributed by atoms with Gasteiger partial charge in [-0.2, -0.15) is 13.2 Å². The molecule has 9 heteroatoms. The van der Waals surface area contributed by atoms with Crippen molar-refractivity contribution in [2.45, 2.75) is 37.8 Å². The molecule has 1 saturated carbocycles. The number of nitrogens with one attached hydrogen (secondary N) is 1. The Hall–Kier alpha value is -2.58. The summed E-state index contributed by atoms with van der Waals surface area (Å²) in [5.41, 5.74) is -1.15. The van der Waals surface area contributed by atoms with Crippen molar-refractivity contribution >= 4 is 5.91 Å². The predicted molar refractivity (Wildman–Crippen MR) is 90.8 cm³/mol. The van der Waals surface area contributed by atoms with Crippen molar-refractivity contribution in [3.63, 3.8) is 0 Å². The highest BCUT2D eigenvalue weighted by molar-refractivity contribution is 5.94. The average Bonchev–Trinajstić information content (AvgIpc) is 3.46. The van der Waals surface area contributed by atoms with Crippen LogP contribution in [0.25, 0.3) is 0 Å². The Balaban J connectivity index is 1.77. The van der Waals surface area contributed by atoms with Gasteiger partial charge in [-0.25, -0.2) is 18.7 Å². The van der Waals surface area contributed by atoms with Gasteiger partial charge in [-0.15, -0.1) is 0 Å². The van der Waals surface area contributed by atoms with Crippen molar-refractivity contribution in [1.29, 1.82) is 0 Å². The molecule has 1 aromatic carbocycles. The first kappa shape index (κ1) is 20.2. The minimum absolute atomic E-state index is 0.00953. The Labute approximate surface area is 158 Å². The van der Waals surface area contributed by atoms with Crippen LogP contribution in [0.15, 0.2) is 42.7 Å². The first-order valence-corrected chi connectivity index (χ1v) is 8.72. The summed E-state index contributed by atoms with van der Waals surface area (Å²) in [6.07, 6.45) is -5.25. The van der Waals surface area contributed by atoms with Crippen LogP contribution in [0, 0.1) is 5.41 Å². The molecule has 0 radical (unpaired) electrons. The summed E-state index contributed by atoms with van der Waals surface area (Å²) >= 11 is 0.